The second-order valence-electron chi connectivity index (χ2n) is 3.33. The molecule has 2 aromatic rings. The monoisotopic (exact) mass is 274 g/mol. The molecule has 0 aliphatic carbocycles. The predicted molar refractivity (Wildman–Crippen MR) is 59.3 cm³/mol. The lowest BCUT2D eigenvalue weighted by Crippen LogP contribution is -2.30. The van der Waals surface area contributed by atoms with Crippen LogP contribution < -0.4 is 11.2 Å². The van der Waals surface area contributed by atoms with E-state index in [0.29, 0.717) is 4.57 Å². The van der Waals surface area contributed by atoms with Crippen molar-refractivity contribution in [2.75, 3.05) is 0 Å². The Labute approximate surface area is 103 Å². The maximum Gasteiger partial charge on any atom is 0.335 e. The van der Waals surface area contributed by atoms with Crippen LogP contribution in [0.1, 0.15) is 0 Å². The van der Waals surface area contributed by atoms with Crippen molar-refractivity contribution in [3.63, 3.8) is 0 Å². The van der Waals surface area contributed by atoms with Gasteiger partial charge in [0.25, 0.3) is 5.56 Å². The summed E-state index contributed by atoms with van der Waals surface area (Å²) in [6, 6.07) is 3.13. The summed E-state index contributed by atoms with van der Waals surface area (Å²) in [7, 11) is 0. The van der Waals surface area contributed by atoms with Crippen LogP contribution in [0.4, 0.5) is 8.78 Å². The number of hydrogen-bond acceptors (Lipinski definition) is 3. The molecule has 1 aromatic heterocycles. The molecule has 0 fully saturated rings. The lowest BCUT2D eigenvalue weighted by atomic mass is 10.3. The number of hydrogen-bond donors (Lipinski definition) is 2. The molecule has 5 nitrogen and oxygen atoms in total. The van der Waals surface area contributed by atoms with Gasteiger partial charge in [0.1, 0.15) is 5.82 Å². The third kappa shape index (κ3) is 1.88. The minimum absolute atomic E-state index is 0.172. The van der Waals surface area contributed by atoms with Crippen LogP contribution in [0.3, 0.4) is 0 Å². The topological polar surface area (TPSA) is 75.1 Å². The smallest absolute Gasteiger partial charge is 0.335 e. The number of aromatic nitrogens is 2. The molecule has 0 bridgehead atoms. The molecular weight excluding hydrogens is 270 g/mol. The van der Waals surface area contributed by atoms with Crippen LogP contribution >= 0.6 is 11.6 Å². The van der Waals surface area contributed by atoms with E-state index in [1.54, 1.807) is 4.98 Å². The van der Waals surface area contributed by atoms with E-state index in [-0.39, 0.29) is 10.7 Å². The van der Waals surface area contributed by atoms with E-state index >= 15 is 0 Å². The van der Waals surface area contributed by atoms with E-state index < -0.39 is 28.8 Å². The molecule has 0 aliphatic rings. The number of benzene rings is 1. The number of nitrogens with zero attached hydrogens (tertiary/aromatic N) is 1. The number of aromatic amines is 1. The standard InChI is InChI=1S/C10H5ClF2N2O3/c11-5-2-1-4(3-6(5)12)15-9(17)7(13)8(16)14-10(15)18/h1-3,17H,(H,14,16,18). The fraction of sp³-hybridized carbons (Fsp3) is 0. The van der Waals surface area contributed by atoms with Gasteiger partial charge in [-0.3, -0.25) is 9.78 Å². The molecule has 18 heavy (non-hydrogen) atoms. The van der Waals surface area contributed by atoms with Gasteiger partial charge in [0, 0.05) is 0 Å². The molecule has 0 amide bonds. The van der Waals surface area contributed by atoms with Crippen LogP contribution in [0.25, 0.3) is 5.69 Å². The summed E-state index contributed by atoms with van der Waals surface area (Å²) in [5.74, 6) is -3.59. The van der Waals surface area contributed by atoms with Crippen molar-refractivity contribution in [1.29, 1.82) is 0 Å². The van der Waals surface area contributed by atoms with Crippen LogP contribution in [0.15, 0.2) is 27.8 Å². The third-order valence-electron chi connectivity index (χ3n) is 2.19. The third-order valence-corrected chi connectivity index (χ3v) is 2.50. The first kappa shape index (κ1) is 12.3. The van der Waals surface area contributed by atoms with Crippen molar-refractivity contribution in [2.24, 2.45) is 0 Å². The zero-order valence-electron chi connectivity index (χ0n) is 8.58. The first-order valence-corrected chi connectivity index (χ1v) is 4.99. The summed E-state index contributed by atoms with van der Waals surface area (Å²) in [5.41, 5.74) is -2.63. The zero-order valence-corrected chi connectivity index (χ0v) is 9.33. The number of halogens is 3. The molecule has 0 aliphatic heterocycles. The summed E-state index contributed by atoms with van der Waals surface area (Å²) >= 11 is 5.45. The molecule has 0 unspecified atom stereocenters. The van der Waals surface area contributed by atoms with Crippen molar-refractivity contribution in [2.45, 2.75) is 0 Å². The van der Waals surface area contributed by atoms with E-state index in [1.165, 1.54) is 6.07 Å². The Hall–Kier alpha value is -2.15. The zero-order chi connectivity index (χ0) is 13.4. The van der Waals surface area contributed by atoms with E-state index in [1.807, 2.05) is 0 Å². The fourth-order valence-corrected chi connectivity index (χ4v) is 1.49. The average Bonchev–Trinajstić information content (AvgIpc) is 2.31. The van der Waals surface area contributed by atoms with Gasteiger partial charge >= 0.3 is 5.69 Å². The van der Waals surface area contributed by atoms with Crippen LogP contribution in [0.5, 0.6) is 5.88 Å². The first-order valence-electron chi connectivity index (χ1n) is 4.61. The molecule has 0 radical (unpaired) electrons. The number of rotatable bonds is 1. The summed E-state index contributed by atoms with van der Waals surface area (Å²) in [6.45, 7) is 0. The lowest BCUT2D eigenvalue weighted by molar-refractivity contribution is 0.386. The van der Waals surface area contributed by atoms with Gasteiger partial charge in [-0.05, 0) is 18.2 Å². The molecule has 0 spiro atoms. The van der Waals surface area contributed by atoms with Gasteiger partial charge in [0.05, 0.1) is 10.7 Å². The normalized spacial score (nSPS) is 10.6. The van der Waals surface area contributed by atoms with Gasteiger partial charge in [-0.2, -0.15) is 4.39 Å². The quantitative estimate of drug-likeness (QED) is 0.819. The van der Waals surface area contributed by atoms with E-state index in [2.05, 4.69) is 0 Å². The fourth-order valence-electron chi connectivity index (χ4n) is 1.37. The number of aromatic hydroxyl groups is 1. The summed E-state index contributed by atoms with van der Waals surface area (Å²) in [6.07, 6.45) is 0. The minimum atomic E-state index is -1.54. The Balaban J connectivity index is 2.79. The SMILES string of the molecule is O=c1[nH]c(=O)n(-c2ccc(Cl)c(F)c2)c(O)c1F. The van der Waals surface area contributed by atoms with Crippen LogP contribution in [-0.2, 0) is 0 Å². The predicted octanol–water partition coefficient (Wildman–Crippen LogP) is 1.16. The van der Waals surface area contributed by atoms with Crippen molar-refractivity contribution < 1.29 is 13.9 Å². The van der Waals surface area contributed by atoms with Gasteiger partial charge in [0.2, 0.25) is 11.7 Å². The van der Waals surface area contributed by atoms with E-state index in [4.69, 9.17) is 11.6 Å². The Morgan fingerprint density at radius 3 is 2.56 bits per heavy atom. The lowest BCUT2D eigenvalue weighted by Gasteiger charge is -2.08. The van der Waals surface area contributed by atoms with Gasteiger partial charge in [-0.25, -0.2) is 13.8 Å². The average molecular weight is 275 g/mol. The molecule has 94 valence electrons. The largest absolute Gasteiger partial charge is 0.492 e. The Bertz CT molecular complexity index is 739. The molecule has 1 aromatic carbocycles. The van der Waals surface area contributed by atoms with Crippen molar-refractivity contribution in [1.82, 2.24) is 9.55 Å². The highest BCUT2D eigenvalue weighted by atomic mass is 35.5. The highest BCUT2D eigenvalue weighted by Crippen LogP contribution is 2.20. The summed E-state index contributed by atoms with van der Waals surface area (Å²) in [5, 5.41) is 9.19. The van der Waals surface area contributed by atoms with Crippen molar-refractivity contribution in [3.05, 3.63) is 55.7 Å². The van der Waals surface area contributed by atoms with Gasteiger partial charge in [-0.1, -0.05) is 11.6 Å². The maximum absolute atomic E-state index is 13.2. The summed E-state index contributed by atoms with van der Waals surface area (Å²) < 4.78 is 26.8. The van der Waals surface area contributed by atoms with Crippen molar-refractivity contribution >= 4 is 11.6 Å². The van der Waals surface area contributed by atoms with E-state index in [9.17, 15) is 23.5 Å². The Morgan fingerprint density at radius 1 is 1.28 bits per heavy atom. The molecule has 8 heteroatoms. The molecule has 2 rings (SSSR count). The van der Waals surface area contributed by atoms with Gasteiger partial charge in [-0.15, -0.1) is 0 Å². The van der Waals surface area contributed by atoms with Crippen LogP contribution in [0, 0.1) is 11.6 Å². The number of nitrogens with one attached hydrogen (secondary N) is 1. The molecule has 0 atom stereocenters. The minimum Gasteiger partial charge on any atom is -0.492 e. The molecule has 2 N–H and O–H groups in total. The Morgan fingerprint density at radius 2 is 1.94 bits per heavy atom. The van der Waals surface area contributed by atoms with Crippen molar-refractivity contribution in [3.8, 4) is 11.6 Å². The highest BCUT2D eigenvalue weighted by Gasteiger charge is 2.15. The summed E-state index contributed by atoms with van der Waals surface area (Å²) in [4.78, 5) is 23.9. The molecular formula is C10H5ClF2N2O3. The second-order valence-corrected chi connectivity index (χ2v) is 3.74. The van der Waals surface area contributed by atoms with E-state index in [0.717, 1.165) is 12.1 Å². The maximum atomic E-state index is 13.2. The number of H-pyrrole nitrogens is 1. The molecule has 0 saturated carbocycles. The van der Waals surface area contributed by atoms with Gasteiger partial charge in [0.15, 0.2) is 0 Å². The first-order chi connectivity index (χ1) is 8.41. The van der Waals surface area contributed by atoms with Crippen LogP contribution in [0.2, 0.25) is 5.02 Å². The Kier molecular flexibility index (Phi) is 2.92. The van der Waals surface area contributed by atoms with Crippen LogP contribution in [-0.4, -0.2) is 14.7 Å². The molecule has 1 heterocycles. The molecule has 0 saturated heterocycles. The highest BCUT2D eigenvalue weighted by molar-refractivity contribution is 6.30. The second kappa shape index (κ2) is 4.26. The van der Waals surface area contributed by atoms with Gasteiger partial charge < -0.3 is 5.11 Å².